The van der Waals surface area contributed by atoms with Crippen molar-refractivity contribution in [2.24, 2.45) is 7.05 Å². The molecule has 1 aromatic rings. The van der Waals surface area contributed by atoms with E-state index < -0.39 is 12.0 Å². The number of nitriles is 1. The number of aryl methyl sites for hydroxylation is 2. The molecule has 1 saturated heterocycles. The Balaban J connectivity index is 2.46. The summed E-state index contributed by atoms with van der Waals surface area (Å²) in [4.78, 5) is 24.5. The molecule has 0 aromatic carbocycles. The van der Waals surface area contributed by atoms with Gasteiger partial charge in [-0.1, -0.05) is 0 Å². The number of anilines is 1. The van der Waals surface area contributed by atoms with E-state index in [0.29, 0.717) is 30.2 Å². The number of piperazine rings is 1. The van der Waals surface area contributed by atoms with Gasteiger partial charge in [0.1, 0.15) is 23.5 Å². The molecule has 1 aromatic heterocycles. The number of aromatic nitrogens is 2. The molecule has 1 aliphatic heterocycles. The molecule has 20 heavy (non-hydrogen) atoms. The number of aliphatic carboxylic acids is 1. The maximum absolute atomic E-state index is 11.9. The normalized spacial score (nSPS) is 18.6. The molecule has 2 heterocycles. The Hall–Kier alpha value is -2.56. The number of carboxylic acid groups (broad SMARTS) is 1. The number of carbonyl (C=O) groups excluding carboxylic acids is 1. The van der Waals surface area contributed by atoms with E-state index in [1.54, 1.807) is 18.9 Å². The van der Waals surface area contributed by atoms with Crippen LogP contribution < -0.4 is 10.2 Å². The Labute approximate surface area is 115 Å². The van der Waals surface area contributed by atoms with Crippen LogP contribution in [-0.4, -0.2) is 45.9 Å². The van der Waals surface area contributed by atoms with Crippen molar-refractivity contribution in [2.75, 3.05) is 18.0 Å². The molecule has 0 saturated carbocycles. The van der Waals surface area contributed by atoms with E-state index >= 15 is 0 Å². The molecular formula is C12H15N5O3. The maximum Gasteiger partial charge on any atom is 0.305 e. The van der Waals surface area contributed by atoms with E-state index in [0.717, 1.165) is 0 Å². The summed E-state index contributed by atoms with van der Waals surface area (Å²) in [5, 5.41) is 25.0. The highest BCUT2D eigenvalue weighted by atomic mass is 16.4. The van der Waals surface area contributed by atoms with Crippen LogP contribution in [0.4, 0.5) is 5.82 Å². The van der Waals surface area contributed by atoms with Gasteiger partial charge in [0.2, 0.25) is 5.91 Å². The zero-order valence-corrected chi connectivity index (χ0v) is 11.3. The van der Waals surface area contributed by atoms with Crippen molar-refractivity contribution in [3.8, 4) is 6.07 Å². The summed E-state index contributed by atoms with van der Waals surface area (Å²) in [6.45, 7) is 2.56. The van der Waals surface area contributed by atoms with Crippen LogP contribution in [0.25, 0.3) is 0 Å². The standard InChI is InChI=1S/C12H15N5O3/c1-7-8(6-13)12(16(2)15-7)17-4-3-14-11(20)9(17)5-10(18)19/h9H,3-5H2,1-2H3,(H,14,20)(H,18,19). The van der Waals surface area contributed by atoms with Crippen LogP contribution in [0, 0.1) is 18.3 Å². The van der Waals surface area contributed by atoms with Gasteiger partial charge in [0, 0.05) is 20.1 Å². The molecule has 0 radical (unpaired) electrons. The molecule has 1 aliphatic rings. The van der Waals surface area contributed by atoms with Crippen LogP contribution in [0.5, 0.6) is 0 Å². The maximum atomic E-state index is 11.9. The minimum atomic E-state index is -1.06. The summed E-state index contributed by atoms with van der Waals surface area (Å²) < 4.78 is 1.52. The van der Waals surface area contributed by atoms with Gasteiger partial charge < -0.3 is 15.3 Å². The zero-order chi connectivity index (χ0) is 14.9. The lowest BCUT2D eigenvalue weighted by atomic mass is 10.1. The molecule has 0 spiro atoms. The predicted molar refractivity (Wildman–Crippen MR) is 69.1 cm³/mol. The van der Waals surface area contributed by atoms with Gasteiger partial charge >= 0.3 is 5.97 Å². The number of nitrogens with one attached hydrogen (secondary N) is 1. The molecule has 0 aliphatic carbocycles. The Morgan fingerprint density at radius 1 is 1.65 bits per heavy atom. The molecule has 106 valence electrons. The molecule has 1 atom stereocenters. The van der Waals surface area contributed by atoms with Gasteiger partial charge in [-0.15, -0.1) is 0 Å². The van der Waals surface area contributed by atoms with Gasteiger partial charge in [0.05, 0.1) is 12.1 Å². The minimum Gasteiger partial charge on any atom is -0.481 e. The first-order valence-electron chi connectivity index (χ1n) is 6.15. The SMILES string of the molecule is Cc1nn(C)c(N2CCNC(=O)C2CC(=O)O)c1C#N. The zero-order valence-electron chi connectivity index (χ0n) is 11.3. The lowest BCUT2D eigenvalue weighted by Crippen LogP contribution is -2.56. The van der Waals surface area contributed by atoms with Crippen LogP contribution >= 0.6 is 0 Å². The topological polar surface area (TPSA) is 111 Å². The average Bonchev–Trinajstić information content (AvgIpc) is 2.65. The Morgan fingerprint density at radius 3 is 2.95 bits per heavy atom. The summed E-state index contributed by atoms with van der Waals surface area (Å²) >= 11 is 0. The highest BCUT2D eigenvalue weighted by Crippen LogP contribution is 2.26. The van der Waals surface area contributed by atoms with Crippen LogP contribution in [0.1, 0.15) is 17.7 Å². The van der Waals surface area contributed by atoms with E-state index in [2.05, 4.69) is 16.5 Å². The largest absolute Gasteiger partial charge is 0.481 e. The summed E-state index contributed by atoms with van der Waals surface area (Å²) in [6, 6.07) is 1.24. The average molecular weight is 277 g/mol. The van der Waals surface area contributed by atoms with E-state index in [1.165, 1.54) is 4.68 Å². The van der Waals surface area contributed by atoms with Crippen molar-refractivity contribution in [3.63, 3.8) is 0 Å². The molecule has 1 fully saturated rings. The third-order valence-corrected chi connectivity index (χ3v) is 3.27. The first kappa shape index (κ1) is 13.9. The number of nitrogens with zero attached hydrogens (tertiary/aromatic N) is 4. The molecule has 1 amide bonds. The van der Waals surface area contributed by atoms with Crippen LogP contribution in [0.2, 0.25) is 0 Å². The molecule has 2 rings (SSSR count). The summed E-state index contributed by atoms with van der Waals surface area (Å²) in [5.41, 5.74) is 0.933. The van der Waals surface area contributed by atoms with E-state index in [-0.39, 0.29) is 12.3 Å². The van der Waals surface area contributed by atoms with Crippen molar-refractivity contribution in [1.29, 1.82) is 5.26 Å². The summed E-state index contributed by atoms with van der Waals surface area (Å²) in [6.07, 6.45) is -0.319. The first-order chi connectivity index (χ1) is 9.45. The van der Waals surface area contributed by atoms with E-state index in [4.69, 9.17) is 5.11 Å². The van der Waals surface area contributed by atoms with Crippen molar-refractivity contribution in [3.05, 3.63) is 11.3 Å². The number of carboxylic acids is 1. The molecule has 1 unspecified atom stereocenters. The van der Waals surface area contributed by atoms with Crippen molar-refractivity contribution in [2.45, 2.75) is 19.4 Å². The lowest BCUT2D eigenvalue weighted by Gasteiger charge is -2.35. The van der Waals surface area contributed by atoms with Crippen LogP contribution in [0.15, 0.2) is 0 Å². The second-order valence-corrected chi connectivity index (χ2v) is 4.62. The Kier molecular flexibility index (Phi) is 3.61. The third kappa shape index (κ3) is 2.30. The van der Waals surface area contributed by atoms with E-state index in [9.17, 15) is 14.9 Å². The van der Waals surface area contributed by atoms with Crippen molar-refractivity contribution >= 4 is 17.7 Å². The Bertz CT molecular complexity index is 601. The smallest absolute Gasteiger partial charge is 0.305 e. The minimum absolute atomic E-state index is 0.319. The van der Waals surface area contributed by atoms with Crippen molar-refractivity contribution in [1.82, 2.24) is 15.1 Å². The second-order valence-electron chi connectivity index (χ2n) is 4.62. The number of amides is 1. The summed E-state index contributed by atoms with van der Waals surface area (Å²) in [5.74, 6) is -0.915. The summed E-state index contributed by atoms with van der Waals surface area (Å²) in [7, 11) is 1.67. The molecule has 0 bridgehead atoms. The van der Waals surface area contributed by atoms with Gasteiger partial charge in [-0.05, 0) is 6.92 Å². The van der Waals surface area contributed by atoms with Gasteiger partial charge in [0.15, 0.2) is 0 Å². The van der Waals surface area contributed by atoms with Crippen LogP contribution in [-0.2, 0) is 16.6 Å². The highest BCUT2D eigenvalue weighted by Gasteiger charge is 2.35. The fraction of sp³-hybridized carbons (Fsp3) is 0.500. The second kappa shape index (κ2) is 5.21. The Morgan fingerprint density at radius 2 is 2.35 bits per heavy atom. The lowest BCUT2D eigenvalue weighted by molar-refractivity contribution is -0.139. The number of carbonyl (C=O) groups is 2. The van der Waals surface area contributed by atoms with E-state index in [1.807, 2.05) is 0 Å². The molecule has 8 heteroatoms. The predicted octanol–water partition coefficient (Wildman–Crippen LogP) is -0.620. The van der Waals surface area contributed by atoms with Gasteiger partial charge in [-0.3, -0.25) is 14.3 Å². The quantitative estimate of drug-likeness (QED) is 0.761. The van der Waals surface area contributed by atoms with Crippen molar-refractivity contribution < 1.29 is 14.7 Å². The molecule has 8 nitrogen and oxygen atoms in total. The van der Waals surface area contributed by atoms with Crippen LogP contribution in [0.3, 0.4) is 0 Å². The van der Waals surface area contributed by atoms with Gasteiger partial charge in [0.25, 0.3) is 0 Å². The third-order valence-electron chi connectivity index (χ3n) is 3.27. The number of hydrogen-bond acceptors (Lipinski definition) is 5. The fourth-order valence-electron chi connectivity index (χ4n) is 2.44. The van der Waals surface area contributed by atoms with Gasteiger partial charge in [-0.25, -0.2) is 0 Å². The monoisotopic (exact) mass is 277 g/mol. The fourth-order valence-corrected chi connectivity index (χ4v) is 2.44. The highest BCUT2D eigenvalue weighted by molar-refractivity contribution is 5.90. The first-order valence-corrected chi connectivity index (χ1v) is 6.15. The molecule has 2 N–H and O–H groups in total. The number of hydrogen-bond donors (Lipinski definition) is 2. The van der Waals surface area contributed by atoms with Gasteiger partial charge in [-0.2, -0.15) is 10.4 Å². The molecular weight excluding hydrogens is 262 g/mol. The number of rotatable bonds is 3.